The van der Waals surface area contributed by atoms with Crippen molar-refractivity contribution in [2.75, 3.05) is 46.9 Å². The van der Waals surface area contributed by atoms with Crippen molar-refractivity contribution in [1.29, 1.82) is 5.26 Å². The van der Waals surface area contributed by atoms with Crippen LogP contribution in [0.2, 0.25) is 0 Å². The van der Waals surface area contributed by atoms with Gasteiger partial charge in [-0.15, -0.1) is 0 Å². The zero-order chi connectivity index (χ0) is 22.8. The van der Waals surface area contributed by atoms with E-state index in [1.165, 1.54) is 5.56 Å². The molecular weight excluding hydrogens is 404 g/mol. The molecule has 0 bridgehead atoms. The van der Waals surface area contributed by atoms with Crippen molar-refractivity contribution < 1.29 is 14.3 Å². The maximum absolute atomic E-state index is 12.5. The number of ether oxygens (including phenoxy) is 2. The zero-order valence-electron chi connectivity index (χ0n) is 18.7. The van der Waals surface area contributed by atoms with Gasteiger partial charge >= 0.3 is 0 Å². The Bertz CT molecular complexity index is 961. The van der Waals surface area contributed by atoms with E-state index < -0.39 is 0 Å². The molecule has 0 radical (unpaired) electrons. The first-order valence-electron chi connectivity index (χ1n) is 10.7. The lowest BCUT2D eigenvalue weighted by atomic mass is 10.1. The highest BCUT2D eigenvalue weighted by molar-refractivity contribution is 5.97. The predicted octanol–water partition coefficient (Wildman–Crippen LogP) is 2.59. The minimum Gasteiger partial charge on any atom is -0.493 e. The highest BCUT2D eigenvalue weighted by atomic mass is 16.5. The number of hydrogen-bond donors (Lipinski definition) is 1. The van der Waals surface area contributed by atoms with Gasteiger partial charge in [-0.05, 0) is 29.7 Å². The van der Waals surface area contributed by atoms with Crippen molar-refractivity contribution >= 4 is 5.91 Å². The van der Waals surface area contributed by atoms with Crippen molar-refractivity contribution in [3.05, 3.63) is 71.4 Å². The second-order valence-corrected chi connectivity index (χ2v) is 7.65. The van der Waals surface area contributed by atoms with Crippen LogP contribution < -0.4 is 14.8 Å². The summed E-state index contributed by atoms with van der Waals surface area (Å²) < 4.78 is 10.6. The molecule has 1 aliphatic heterocycles. The van der Waals surface area contributed by atoms with Crippen molar-refractivity contribution in [3.8, 4) is 17.6 Å². The summed E-state index contributed by atoms with van der Waals surface area (Å²) in [5.74, 6) is 0.971. The molecule has 3 rings (SSSR count). The molecule has 1 saturated heterocycles. The Kier molecular flexibility index (Phi) is 8.52. The molecule has 0 spiro atoms. The Hall–Kier alpha value is -3.50. The molecule has 0 atom stereocenters. The smallest absolute Gasteiger partial charge is 0.263 e. The molecule has 0 unspecified atom stereocenters. The quantitative estimate of drug-likeness (QED) is 0.483. The Morgan fingerprint density at radius 2 is 1.75 bits per heavy atom. The summed E-state index contributed by atoms with van der Waals surface area (Å²) in [6.45, 7) is 4.71. The van der Waals surface area contributed by atoms with E-state index in [-0.39, 0.29) is 11.5 Å². The van der Waals surface area contributed by atoms with Crippen LogP contribution in [0.1, 0.15) is 11.1 Å². The molecule has 2 aromatic carbocycles. The molecule has 7 heteroatoms. The van der Waals surface area contributed by atoms with Crippen molar-refractivity contribution in [3.63, 3.8) is 0 Å². The van der Waals surface area contributed by atoms with Gasteiger partial charge in [0.05, 0.1) is 14.2 Å². The Morgan fingerprint density at radius 3 is 2.41 bits per heavy atom. The van der Waals surface area contributed by atoms with E-state index in [2.05, 4.69) is 34.5 Å². The first kappa shape index (κ1) is 23.2. The van der Waals surface area contributed by atoms with Crippen LogP contribution in [-0.2, 0) is 17.8 Å². The summed E-state index contributed by atoms with van der Waals surface area (Å²) in [4.78, 5) is 16.9. The van der Waals surface area contributed by atoms with Crippen LogP contribution >= 0.6 is 0 Å². The fraction of sp³-hybridized carbons (Fsp3) is 0.360. The minimum atomic E-state index is -0.348. The van der Waals surface area contributed by atoms with Crippen molar-refractivity contribution in [1.82, 2.24) is 15.1 Å². The van der Waals surface area contributed by atoms with Gasteiger partial charge in [0, 0.05) is 45.5 Å². The van der Waals surface area contributed by atoms with Crippen LogP contribution in [0, 0.1) is 11.3 Å². The van der Waals surface area contributed by atoms with Gasteiger partial charge < -0.3 is 19.7 Å². The summed E-state index contributed by atoms with van der Waals surface area (Å²) in [5, 5.41) is 12.3. The fourth-order valence-corrected chi connectivity index (χ4v) is 3.66. The Morgan fingerprint density at radius 1 is 1.03 bits per heavy atom. The van der Waals surface area contributed by atoms with E-state index in [0.717, 1.165) is 38.3 Å². The lowest BCUT2D eigenvalue weighted by molar-refractivity contribution is -0.117. The van der Waals surface area contributed by atoms with E-state index in [4.69, 9.17) is 9.47 Å². The number of rotatable bonds is 9. The molecule has 32 heavy (non-hydrogen) atoms. The second-order valence-electron chi connectivity index (χ2n) is 7.65. The van der Waals surface area contributed by atoms with Crippen LogP contribution in [0.5, 0.6) is 11.5 Å². The average Bonchev–Trinajstić information content (AvgIpc) is 2.84. The number of hydrogen-bond acceptors (Lipinski definition) is 6. The molecule has 7 nitrogen and oxygen atoms in total. The summed E-state index contributed by atoms with van der Waals surface area (Å²) >= 11 is 0. The number of nitriles is 1. The molecule has 168 valence electrons. The van der Waals surface area contributed by atoms with E-state index >= 15 is 0 Å². The third kappa shape index (κ3) is 6.50. The monoisotopic (exact) mass is 434 g/mol. The molecule has 0 saturated carbocycles. The van der Waals surface area contributed by atoms with Gasteiger partial charge in [0.15, 0.2) is 11.5 Å². The number of carbonyl (C=O) groups is 1. The summed E-state index contributed by atoms with van der Waals surface area (Å²) in [7, 11) is 3.19. The van der Waals surface area contributed by atoms with Gasteiger partial charge in [0.25, 0.3) is 5.91 Å². The van der Waals surface area contributed by atoms with E-state index in [0.29, 0.717) is 24.5 Å². The summed E-state index contributed by atoms with van der Waals surface area (Å²) in [6.07, 6.45) is 2.31. The predicted molar refractivity (Wildman–Crippen MR) is 123 cm³/mol. The summed E-state index contributed by atoms with van der Waals surface area (Å²) in [6, 6.07) is 18.1. The van der Waals surface area contributed by atoms with Gasteiger partial charge in [0.1, 0.15) is 11.6 Å². The molecule has 1 aliphatic rings. The standard InChI is InChI=1S/C25H30N4O3/c1-31-23-9-8-20(16-24(23)32-2)10-11-27-25(30)22(17-26)19-29-14-12-28(13-15-29)18-21-6-4-3-5-7-21/h3-9,16,19H,10-15,18H2,1-2H3,(H,27,30)/b22-19-. The average molecular weight is 435 g/mol. The number of amides is 1. The van der Waals surface area contributed by atoms with E-state index in [1.54, 1.807) is 20.4 Å². The molecule has 2 aromatic rings. The molecule has 1 fully saturated rings. The van der Waals surface area contributed by atoms with Gasteiger partial charge in [-0.3, -0.25) is 9.69 Å². The molecule has 1 heterocycles. The van der Waals surface area contributed by atoms with Crippen LogP contribution in [0.25, 0.3) is 0 Å². The Balaban J connectivity index is 1.47. The topological polar surface area (TPSA) is 77.8 Å². The fourth-order valence-electron chi connectivity index (χ4n) is 3.66. The van der Waals surface area contributed by atoms with E-state index in [1.807, 2.05) is 35.2 Å². The van der Waals surface area contributed by atoms with Crippen LogP contribution in [0.3, 0.4) is 0 Å². The number of nitrogens with zero attached hydrogens (tertiary/aromatic N) is 3. The normalized spacial score (nSPS) is 14.5. The van der Waals surface area contributed by atoms with E-state index in [9.17, 15) is 10.1 Å². The van der Waals surface area contributed by atoms with Crippen LogP contribution in [-0.4, -0.2) is 62.7 Å². The molecule has 0 aliphatic carbocycles. The van der Waals surface area contributed by atoms with Gasteiger partial charge in [-0.2, -0.15) is 5.26 Å². The molecule has 1 amide bonds. The maximum atomic E-state index is 12.5. The first-order valence-corrected chi connectivity index (χ1v) is 10.7. The molecule has 0 aromatic heterocycles. The highest BCUT2D eigenvalue weighted by Gasteiger charge is 2.17. The van der Waals surface area contributed by atoms with Gasteiger partial charge in [0.2, 0.25) is 0 Å². The second kappa shape index (κ2) is 11.8. The number of benzene rings is 2. The number of carbonyl (C=O) groups excluding carboxylic acids is 1. The minimum absolute atomic E-state index is 0.133. The maximum Gasteiger partial charge on any atom is 0.263 e. The third-order valence-corrected chi connectivity index (χ3v) is 5.48. The lowest BCUT2D eigenvalue weighted by Crippen LogP contribution is -2.44. The van der Waals surface area contributed by atoms with Gasteiger partial charge in [-0.1, -0.05) is 36.4 Å². The Labute approximate surface area is 189 Å². The first-order chi connectivity index (χ1) is 15.6. The molecule has 1 N–H and O–H groups in total. The number of nitrogens with one attached hydrogen (secondary N) is 1. The van der Waals surface area contributed by atoms with Crippen molar-refractivity contribution in [2.45, 2.75) is 13.0 Å². The zero-order valence-corrected chi connectivity index (χ0v) is 18.7. The van der Waals surface area contributed by atoms with Crippen LogP contribution in [0.4, 0.5) is 0 Å². The lowest BCUT2D eigenvalue weighted by Gasteiger charge is -2.34. The SMILES string of the molecule is COc1ccc(CCNC(=O)/C(C#N)=C\N2CCN(Cc3ccccc3)CC2)cc1OC. The third-order valence-electron chi connectivity index (χ3n) is 5.48. The van der Waals surface area contributed by atoms with Crippen LogP contribution in [0.15, 0.2) is 60.3 Å². The molecular formula is C25H30N4O3. The van der Waals surface area contributed by atoms with Crippen molar-refractivity contribution in [2.24, 2.45) is 0 Å². The largest absolute Gasteiger partial charge is 0.493 e. The number of methoxy groups -OCH3 is 2. The highest BCUT2D eigenvalue weighted by Crippen LogP contribution is 2.27. The van der Waals surface area contributed by atoms with Gasteiger partial charge in [-0.25, -0.2) is 0 Å². The number of piperazine rings is 1. The summed E-state index contributed by atoms with van der Waals surface area (Å²) in [5.41, 5.74) is 2.44.